The number of carbonyl (C=O) groups excluding carboxylic acids is 1. The summed E-state index contributed by atoms with van der Waals surface area (Å²) in [6.07, 6.45) is -3.29. The van der Waals surface area contributed by atoms with Gasteiger partial charge < -0.3 is 4.90 Å². The lowest BCUT2D eigenvalue weighted by Gasteiger charge is -2.21. The number of carbonyl (C=O) groups is 1. The van der Waals surface area contributed by atoms with Crippen LogP contribution >= 0.6 is 0 Å². The van der Waals surface area contributed by atoms with Gasteiger partial charge in [-0.3, -0.25) is 9.89 Å². The van der Waals surface area contributed by atoms with Crippen molar-refractivity contribution in [2.45, 2.75) is 19.0 Å². The monoisotopic (exact) mass is 385 g/mol. The second-order valence-corrected chi connectivity index (χ2v) is 6.77. The fourth-order valence-electron chi connectivity index (χ4n) is 3.53. The van der Waals surface area contributed by atoms with Crippen molar-refractivity contribution in [1.82, 2.24) is 15.1 Å². The van der Waals surface area contributed by atoms with E-state index in [-0.39, 0.29) is 11.5 Å². The molecule has 0 aliphatic carbocycles. The summed E-state index contributed by atoms with van der Waals surface area (Å²) in [6.45, 7) is 0.861. The average molecular weight is 385 g/mol. The Labute approximate surface area is 160 Å². The summed E-state index contributed by atoms with van der Waals surface area (Å²) in [5.74, 6) is -0.384. The number of aromatic nitrogens is 2. The normalized spacial score (nSPS) is 14.5. The van der Waals surface area contributed by atoms with E-state index in [0.29, 0.717) is 25.9 Å². The molecule has 2 aromatic carbocycles. The molecule has 3 aromatic rings. The lowest BCUT2D eigenvalue weighted by Crippen LogP contribution is -2.33. The molecule has 0 atom stereocenters. The van der Waals surface area contributed by atoms with Gasteiger partial charge in [0, 0.05) is 41.9 Å². The average Bonchev–Trinajstić information content (AvgIpc) is 2.99. The van der Waals surface area contributed by atoms with E-state index in [1.165, 1.54) is 12.1 Å². The van der Waals surface area contributed by atoms with Crippen LogP contribution in [0, 0.1) is 0 Å². The third-order valence-corrected chi connectivity index (χ3v) is 4.99. The number of hydrogen-bond donors (Lipinski definition) is 1. The van der Waals surface area contributed by atoms with Crippen molar-refractivity contribution in [2.24, 2.45) is 0 Å². The quantitative estimate of drug-likeness (QED) is 0.714. The van der Waals surface area contributed by atoms with Crippen LogP contribution < -0.4 is 0 Å². The Morgan fingerprint density at radius 2 is 1.75 bits per heavy atom. The molecule has 0 bridgehead atoms. The first kappa shape index (κ1) is 18.3. The predicted octanol–water partition coefficient (Wildman–Crippen LogP) is 4.34. The molecule has 0 saturated carbocycles. The van der Waals surface area contributed by atoms with Crippen LogP contribution in [0.4, 0.5) is 13.2 Å². The zero-order valence-electron chi connectivity index (χ0n) is 15.0. The van der Waals surface area contributed by atoms with Crippen LogP contribution in [-0.2, 0) is 19.0 Å². The summed E-state index contributed by atoms with van der Waals surface area (Å²) >= 11 is 0. The van der Waals surface area contributed by atoms with E-state index < -0.39 is 11.7 Å². The Balaban J connectivity index is 1.55. The minimum Gasteiger partial charge on any atom is -0.338 e. The largest absolute Gasteiger partial charge is 0.416 e. The molecule has 28 heavy (non-hydrogen) atoms. The number of alkyl halides is 3. The van der Waals surface area contributed by atoms with Gasteiger partial charge in [-0.25, -0.2) is 0 Å². The first-order valence-electron chi connectivity index (χ1n) is 9.01. The zero-order valence-corrected chi connectivity index (χ0v) is 15.0. The highest BCUT2D eigenvalue weighted by Crippen LogP contribution is 2.30. The van der Waals surface area contributed by atoms with E-state index >= 15 is 0 Å². The van der Waals surface area contributed by atoms with Gasteiger partial charge >= 0.3 is 6.18 Å². The first-order chi connectivity index (χ1) is 13.4. The van der Waals surface area contributed by atoms with Crippen LogP contribution in [0.1, 0.15) is 27.2 Å². The van der Waals surface area contributed by atoms with E-state index in [4.69, 9.17) is 0 Å². The lowest BCUT2D eigenvalue weighted by atomic mass is 10.0. The lowest BCUT2D eigenvalue weighted by molar-refractivity contribution is -0.137. The van der Waals surface area contributed by atoms with Crippen LogP contribution in [0.25, 0.3) is 11.3 Å². The van der Waals surface area contributed by atoms with Crippen molar-refractivity contribution in [3.63, 3.8) is 0 Å². The van der Waals surface area contributed by atoms with Crippen molar-refractivity contribution in [2.75, 3.05) is 13.1 Å². The van der Waals surface area contributed by atoms with Crippen molar-refractivity contribution in [1.29, 1.82) is 0 Å². The molecule has 2 heterocycles. The summed E-state index contributed by atoms with van der Waals surface area (Å²) in [4.78, 5) is 14.4. The van der Waals surface area contributed by atoms with Crippen molar-refractivity contribution in [3.8, 4) is 11.3 Å². The molecule has 4 rings (SSSR count). The maximum absolute atomic E-state index is 12.9. The van der Waals surface area contributed by atoms with Gasteiger partial charge in [-0.05, 0) is 24.6 Å². The van der Waals surface area contributed by atoms with E-state index in [1.54, 1.807) is 4.90 Å². The van der Waals surface area contributed by atoms with Gasteiger partial charge in [0.15, 0.2) is 0 Å². The van der Waals surface area contributed by atoms with E-state index in [0.717, 1.165) is 34.6 Å². The molecular formula is C21H18F3N3O. The number of aromatic amines is 1. The SMILES string of the molecule is O=C(c1cccc(C(F)(F)F)c1)N1CCc2[nH]nc(-c3ccccc3)c2CC1. The number of hydrogen-bond acceptors (Lipinski definition) is 2. The molecule has 0 unspecified atom stereocenters. The Bertz CT molecular complexity index is 996. The van der Waals surface area contributed by atoms with E-state index in [1.807, 2.05) is 30.3 Å². The molecule has 1 aliphatic rings. The highest BCUT2D eigenvalue weighted by molar-refractivity contribution is 5.94. The van der Waals surface area contributed by atoms with E-state index in [9.17, 15) is 18.0 Å². The molecule has 0 fully saturated rings. The first-order valence-corrected chi connectivity index (χ1v) is 9.01. The highest BCUT2D eigenvalue weighted by Gasteiger charge is 2.31. The third-order valence-electron chi connectivity index (χ3n) is 4.99. The molecule has 1 amide bonds. The minimum absolute atomic E-state index is 0.0572. The number of nitrogens with one attached hydrogen (secondary N) is 1. The van der Waals surface area contributed by atoms with Gasteiger partial charge in [0.2, 0.25) is 0 Å². The summed E-state index contributed by atoms with van der Waals surface area (Å²) in [5, 5.41) is 7.48. The maximum Gasteiger partial charge on any atom is 0.416 e. The standard InChI is InChI=1S/C21H18F3N3O/c22-21(23,24)16-8-4-7-15(13-16)20(28)27-11-9-17-18(10-12-27)25-26-19(17)14-5-2-1-3-6-14/h1-8,13H,9-12H2,(H,25,26). The van der Waals surface area contributed by atoms with Gasteiger partial charge in [0.1, 0.15) is 0 Å². The number of amides is 1. The van der Waals surface area contributed by atoms with Crippen molar-refractivity contribution in [3.05, 3.63) is 77.0 Å². The summed E-state index contributed by atoms with van der Waals surface area (Å²) in [6, 6.07) is 14.4. The summed E-state index contributed by atoms with van der Waals surface area (Å²) in [7, 11) is 0. The van der Waals surface area contributed by atoms with Gasteiger partial charge in [0.25, 0.3) is 5.91 Å². The number of nitrogens with zero attached hydrogens (tertiary/aromatic N) is 2. The second-order valence-electron chi connectivity index (χ2n) is 6.77. The summed E-state index contributed by atoms with van der Waals surface area (Å²) in [5.41, 5.74) is 3.14. The Morgan fingerprint density at radius 1 is 1.00 bits per heavy atom. The molecule has 4 nitrogen and oxygen atoms in total. The maximum atomic E-state index is 12.9. The predicted molar refractivity (Wildman–Crippen MR) is 98.8 cm³/mol. The summed E-state index contributed by atoms with van der Waals surface area (Å²) < 4.78 is 38.8. The number of rotatable bonds is 2. The Hall–Kier alpha value is -3.09. The molecule has 1 N–H and O–H groups in total. The van der Waals surface area contributed by atoms with Crippen LogP contribution in [0.3, 0.4) is 0 Å². The molecule has 0 spiro atoms. The second kappa shape index (κ2) is 7.14. The van der Waals surface area contributed by atoms with Crippen LogP contribution in [0.5, 0.6) is 0 Å². The van der Waals surface area contributed by atoms with Crippen molar-refractivity contribution >= 4 is 5.91 Å². The van der Waals surface area contributed by atoms with Crippen LogP contribution in [0.2, 0.25) is 0 Å². The fourth-order valence-corrected chi connectivity index (χ4v) is 3.53. The highest BCUT2D eigenvalue weighted by atomic mass is 19.4. The van der Waals surface area contributed by atoms with Gasteiger partial charge in [-0.15, -0.1) is 0 Å². The minimum atomic E-state index is -4.47. The molecule has 0 radical (unpaired) electrons. The Kier molecular flexibility index (Phi) is 4.66. The van der Waals surface area contributed by atoms with E-state index in [2.05, 4.69) is 10.2 Å². The van der Waals surface area contributed by atoms with Crippen molar-refractivity contribution < 1.29 is 18.0 Å². The number of H-pyrrole nitrogens is 1. The number of halogens is 3. The van der Waals surface area contributed by atoms with Crippen LogP contribution in [-0.4, -0.2) is 34.1 Å². The fraction of sp³-hybridized carbons (Fsp3) is 0.238. The Morgan fingerprint density at radius 3 is 2.50 bits per heavy atom. The number of benzene rings is 2. The molecule has 1 aromatic heterocycles. The smallest absolute Gasteiger partial charge is 0.338 e. The van der Waals surface area contributed by atoms with Crippen LogP contribution in [0.15, 0.2) is 54.6 Å². The number of fused-ring (bicyclic) bond motifs is 1. The molecule has 7 heteroatoms. The third kappa shape index (κ3) is 3.52. The molecule has 144 valence electrons. The van der Waals surface area contributed by atoms with Gasteiger partial charge in [0.05, 0.1) is 11.3 Å². The van der Waals surface area contributed by atoms with Gasteiger partial charge in [-0.1, -0.05) is 36.4 Å². The topological polar surface area (TPSA) is 49.0 Å². The molecule has 0 saturated heterocycles. The van der Waals surface area contributed by atoms with Gasteiger partial charge in [-0.2, -0.15) is 18.3 Å². The zero-order chi connectivity index (χ0) is 19.7. The molecule has 1 aliphatic heterocycles. The molecular weight excluding hydrogens is 367 g/mol.